The van der Waals surface area contributed by atoms with Gasteiger partial charge in [0.2, 0.25) is 11.8 Å². The summed E-state index contributed by atoms with van der Waals surface area (Å²) in [7, 11) is 0. The molecule has 2 heterocycles. The standard InChI is InChI=1S/C19H19ClN2O4/c20-13-3-6-15-16(11-13)19(25)22(18(15)24)14-4-1-12(2-5-14)17(23)21-7-9-26-10-8-21/h1-5,15-16H,6-11H2/t15-,16+/m1/s1. The van der Waals surface area contributed by atoms with Crippen molar-refractivity contribution in [2.24, 2.45) is 11.8 Å². The Morgan fingerprint density at radius 3 is 2.38 bits per heavy atom. The molecule has 6 nitrogen and oxygen atoms in total. The number of fused-ring (bicyclic) bond motifs is 1. The molecule has 1 aliphatic carbocycles. The molecule has 2 saturated heterocycles. The molecule has 1 aromatic carbocycles. The van der Waals surface area contributed by atoms with E-state index in [1.807, 2.05) is 6.08 Å². The summed E-state index contributed by atoms with van der Waals surface area (Å²) >= 11 is 6.05. The van der Waals surface area contributed by atoms with Crippen molar-refractivity contribution in [1.29, 1.82) is 0 Å². The van der Waals surface area contributed by atoms with E-state index in [0.717, 1.165) is 0 Å². The monoisotopic (exact) mass is 374 g/mol. The number of halogens is 1. The van der Waals surface area contributed by atoms with Crippen LogP contribution in [0.2, 0.25) is 0 Å². The predicted octanol–water partition coefficient (Wildman–Crippen LogP) is 2.18. The average Bonchev–Trinajstić information content (AvgIpc) is 2.92. The van der Waals surface area contributed by atoms with Gasteiger partial charge in [0, 0.05) is 23.7 Å². The minimum atomic E-state index is -0.380. The molecule has 2 aliphatic heterocycles. The second-order valence-corrected chi connectivity index (χ2v) is 7.25. The zero-order valence-electron chi connectivity index (χ0n) is 14.2. The molecule has 4 rings (SSSR count). The number of carbonyl (C=O) groups is 3. The van der Waals surface area contributed by atoms with Gasteiger partial charge >= 0.3 is 0 Å². The van der Waals surface area contributed by atoms with Crippen LogP contribution in [-0.4, -0.2) is 48.9 Å². The molecule has 3 amide bonds. The Morgan fingerprint density at radius 2 is 1.69 bits per heavy atom. The highest BCUT2D eigenvalue weighted by Gasteiger charge is 2.48. The lowest BCUT2D eigenvalue weighted by Gasteiger charge is -2.27. The highest BCUT2D eigenvalue weighted by Crippen LogP contribution is 2.40. The van der Waals surface area contributed by atoms with Gasteiger partial charge in [-0.1, -0.05) is 17.7 Å². The number of hydrogen-bond donors (Lipinski definition) is 0. The third-order valence-corrected chi connectivity index (χ3v) is 5.55. The van der Waals surface area contributed by atoms with Crippen LogP contribution in [-0.2, 0) is 14.3 Å². The number of benzene rings is 1. The number of carbonyl (C=O) groups excluding carboxylic acids is 3. The molecule has 0 saturated carbocycles. The number of anilines is 1. The van der Waals surface area contributed by atoms with Gasteiger partial charge in [-0.15, -0.1) is 0 Å². The molecule has 0 bridgehead atoms. The maximum Gasteiger partial charge on any atom is 0.254 e. The predicted molar refractivity (Wildman–Crippen MR) is 95.8 cm³/mol. The van der Waals surface area contributed by atoms with Crippen molar-refractivity contribution in [1.82, 2.24) is 4.90 Å². The minimum Gasteiger partial charge on any atom is -0.378 e. The lowest BCUT2D eigenvalue weighted by atomic mass is 9.85. The van der Waals surface area contributed by atoms with Crippen molar-refractivity contribution in [3.8, 4) is 0 Å². The van der Waals surface area contributed by atoms with Gasteiger partial charge in [0.25, 0.3) is 5.91 Å². The normalized spacial score (nSPS) is 26.0. The van der Waals surface area contributed by atoms with E-state index >= 15 is 0 Å². The van der Waals surface area contributed by atoms with E-state index in [1.165, 1.54) is 4.90 Å². The number of allylic oxidation sites excluding steroid dienone is 2. The number of rotatable bonds is 2. The van der Waals surface area contributed by atoms with Crippen molar-refractivity contribution in [3.63, 3.8) is 0 Å². The average molecular weight is 375 g/mol. The number of nitrogens with zero attached hydrogens (tertiary/aromatic N) is 2. The summed E-state index contributed by atoms with van der Waals surface area (Å²) in [5.74, 6) is -1.18. The van der Waals surface area contributed by atoms with Gasteiger partial charge in [-0.05, 0) is 37.1 Å². The van der Waals surface area contributed by atoms with E-state index in [1.54, 1.807) is 29.2 Å². The van der Waals surface area contributed by atoms with Gasteiger partial charge in [-0.25, -0.2) is 0 Å². The van der Waals surface area contributed by atoms with Crippen LogP contribution >= 0.6 is 11.6 Å². The summed E-state index contributed by atoms with van der Waals surface area (Å²) in [6.45, 7) is 2.22. The molecular formula is C19H19ClN2O4. The van der Waals surface area contributed by atoms with E-state index < -0.39 is 0 Å². The summed E-state index contributed by atoms with van der Waals surface area (Å²) in [5, 5.41) is 0.640. The fourth-order valence-corrected chi connectivity index (χ4v) is 4.04. The third-order valence-electron chi connectivity index (χ3n) is 5.24. The molecule has 2 atom stereocenters. The Morgan fingerprint density at radius 1 is 1.04 bits per heavy atom. The molecule has 7 heteroatoms. The van der Waals surface area contributed by atoms with Gasteiger partial charge in [0.15, 0.2) is 0 Å². The molecule has 2 fully saturated rings. The molecule has 136 valence electrons. The molecule has 0 radical (unpaired) electrons. The number of morpholine rings is 1. The van der Waals surface area contributed by atoms with Crippen LogP contribution in [0.1, 0.15) is 23.2 Å². The number of ether oxygens (including phenoxy) is 1. The summed E-state index contributed by atoms with van der Waals surface area (Å²) in [6, 6.07) is 6.66. The van der Waals surface area contributed by atoms with Crippen LogP contribution in [0.4, 0.5) is 5.69 Å². The lowest BCUT2D eigenvalue weighted by Crippen LogP contribution is -2.40. The molecule has 0 N–H and O–H groups in total. The molecule has 1 aromatic rings. The van der Waals surface area contributed by atoms with Crippen molar-refractivity contribution in [3.05, 3.63) is 40.9 Å². The first-order valence-corrected chi connectivity index (χ1v) is 9.13. The highest BCUT2D eigenvalue weighted by atomic mass is 35.5. The maximum atomic E-state index is 12.7. The fourth-order valence-electron chi connectivity index (χ4n) is 3.78. The first-order chi connectivity index (χ1) is 12.6. The summed E-state index contributed by atoms with van der Waals surface area (Å²) in [6.07, 6.45) is 2.74. The molecular weight excluding hydrogens is 356 g/mol. The summed E-state index contributed by atoms with van der Waals surface area (Å²) < 4.78 is 5.26. The van der Waals surface area contributed by atoms with Gasteiger partial charge in [-0.2, -0.15) is 0 Å². The van der Waals surface area contributed by atoms with Crippen LogP contribution in [0.25, 0.3) is 0 Å². The van der Waals surface area contributed by atoms with E-state index in [9.17, 15) is 14.4 Å². The van der Waals surface area contributed by atoms with E-state index in [2.05, 4.69) is 0 Å². The third kappa shape index (κ3) is 2.93. The van der Waals surface area contributed by atoms with Crippen molar-refractivity contribution >= 4 is 35.0 Å². The van der Waals surface area contributed by atoms with E-state index in [4.69, 9.17) is 16.3 Å². The zero-order valence-corrected chi connectivity index (χ0v) is 14.9. The van der Waals surface area contributed by atoms with Crippen LogP contribution < -0.4 is 4.90 Å². The maximum absolute atomic E-state index is 12.7. The molecule has 26 heavy (non-hydrogen) atoms. The van der Waals surface area contributed by atoms with Crippen LogP contribution in [0.15, 0.2) is 35.4 Å². The summed E-state index contributed by atoms with van der Waals surface area (Å²) in [4.78, 5) is 40.8. The van der Waals surface area contributed by atoms with Gasteiger partial charge in [0.1, 0.15) is 0 Å². The highest BCUT2D eigenvalue weighted by molar-refractivity contribution is 6.30. The quantitative estimate of drug-likeness (QED) is 0.744. The number of amides is 3. The number of hydrogen-bond acceptors (Lipinski definition) is 4. The Kier molecular flexibility index (Phi) is 4.54. The van der Waals surface area contributed by atoms with Crippen molar-refractivity contribution < 1.29 is 19.1 Å². The summed E-state index contributed by atoms with van der Waals surface area (Å²) in [5.41, 5.74) is 1.04. The van der Waals surface area contributed by atoms with Gasteiger partial charge in [-0.3, -0.25) is 19.3 Å². The SMILES string of the molecule is O=C(c1ccc(N2C(=O)[C@H]3CC(Cl)=CC[C@H]3C2=O)cc1)N1CCOCC1. The fraction of sp³-hybridized carbons (Fsp3) is 0.421. The molecule has 3 aliphatic rings. The zero-order chi connectivity index (χ0) is 18.3. The molecule has 0 unspecified atom stereocenters. The Balaban J connectivity index is 1.53. The van der Waals surface area contributed by atoms with Gasteiger partial charge in [0.05, 0.1) is 30.7 Å². The van der Waals surface area contributed by atoms with Crippen molar-refractivity contribution in [2.45, 2.75) is 12.8 Å². The van der Waals surface area contributed by atoms with Gasteiger partial charge < -0.3 is 9.64 Å². The van der Waals surface area contributed by atoms with E-state index in [-0.39, 0.29) is 29.6 Å². The Labute approximate surface area is 156 Å². The topological polar surface area (TPSA) is 66.9 Å². The first-order valence-electron chi connectivity index (χ1n) is 8.75. The smallest absolute Gasteiger partial charge is 0.254 e. The van der Waals surface area contributed by atoms with Crippen molar-refractivity contribution in [2.75, 3.05) is 31.2 Å². The lowest BCUT2D eigenvalue weighted by molar-refractivity contribution is -0.122. The second-order valence-electron chi connectivity index (χ2n) is 6.77. The first kappa shape index (κ1) is 17.2. The largest absolute Gasteiger partial charge is 0.378 e. The van der Waals surface area contributed by atoms with Crippen LogP contribution in [0.3, 0.4) is 0 Å². The molecule has 0 aromatic heterocycles. The minimum absolute atomic E-state index is 0.0661. The van der Waals surface area contributed by atoms with E-state index in [0.29, 0.717) is 55.4 Å². The number of imide groups is 1. The van der Waals surface area contributed by atoms with Crippen LogP contribution in [0, 0.1) is 11.8 Å². The second kappa shape index (κ2) is 6.85. The molecule has 0 spiro atoms. The Hall–Kier alpha value is -2.18. The Bertz CT molecular complexity index is 783. The van der Waals surface area contributed by atoms with Crippen LogP contribution in [0.5, 0.6) is 0 Å².